The lowest BCUT2D eigenvalue weighted by atomic mass is 9.86. The van der Waals surface area contributed by atoms with Crippen LogP contribution in [-0.4, -0.2) is 33.9 Å². The van der Waals surface area contributed by atoms with Crippen molar-refractivity contribution in [3.8, 4) is 28.3 Å². The molecule has 208 valence electrons. The number of aromatic amines is 1. The fourth-order valence-electron chi connectivity index (χ4n) is 5.32. The molecule has 0 aliphatic carbocycles. The van der Waals surface area contributed by atoms with Crippen molar-refractivity contribution in [1.82, 2.24) is 9.97 Å². The van der Waals surface area contributed by atoms with Gasteiger partial charge in [-0.25, -0.2) is 14.2 Å². The molecule has 0 spiro atoms. The van der Waals surface area contributed by atoms with Crippen molar-refractivity contribution in [2.45, 2.75) is 32.1 Å². The van der Waals surface area contributed by atoms with Gasteiger partial charge < -0.3 is 14.8 Å². The lowest BCUT2D eigenvalue weighted by Gasteiger charge is -2.20. The second-order valence-corrected chi connectivity index (χ2v) is 10.2. The van der Waals surface area contributed by atoms with E-state index in [4.69, 9.17) is 16.3 Å². The predicted octanol–water partition coefficient (Wildman–Crippen LogP) is 8.55. The van der Waals surface area contributed by atoms with E-state index in [2.05, 4.69) is 9.97 Å². The number of benzene rings is 4. The van der Waals surface area contributed by atoms with Crippen LogP contribution in [0.5, 0.6) is 5.75 Å². The highest BCUT2D eigenvalue weighted by molar-refractivity contribution is 6.34. The number of Topliss-reactive ketones (excluding diaryl/α,β-unsaturated/α-hetero) is 1. The Morgan fingerprint density at radius 1 is 1.02 bits per heavy atom. The molecular weight excluding hydrogens is 543 g/mol. The summed E-state index contributed by atoms with van der Waals surface area (Å²) in [7, 11) is 1.47. The smallest absolute Gasteiger partial charge is 0.336 e. The van der Waals surface area contributed by atoms with Crippen LogP contribution in [0.4, 0.5) is 4.39 Å². The van der Waals surface area contributed by atoms with Gasteiger partial charge in [-0.3, -0.25) is 4.79 Å². The van der Waals surface area contributed by atoms with Gasteiger partial charge in [0.1, 0.15) is 17.4 Å². The van der Waals surface area contributed by atoms with Gasteiger partial charge in [0.05, 0.1) is 23.7 Å². The van der Waals surface area contributed by atoms with Crippen LogP contribution in [0.15, 0.2) is 78.9 Å². The molecule has 0 aliphatic rings. The topological polar surface area (TPSA) is 92.3 Å². The number of hydrogen-bond acceptors (Lipinski definition) is 4. The van der Waals surface area contributed by atoms with E-state index in [-0.39, 0.29) is 23.3 Å². The van der Waals surface area contributed by atoms with Crippen molar-refractivity contribution in [2.75, 3.05) is 7.11 Å². The summed E-state index contributed by atoms with van der Waals surface area (Å²) in [6.45, 7) is 1.96. The predicted molar refractivity (Wildman–Crippen MR) is 158 cm³/mol. The summed E-state index contributed by atoms with van der Waals surface area (Å²) in [5.41, 5.74) is 3.58. The molecule has 6 nitrogen and oxygen atoms in total. The molecule has 0 bridgehead atoms. The van der Waals surface area contributed by atoms with Crippen LogP contribution in [0.3, 0.4) is 0 Å². The first-order chi connectivity index (χ1) is 19.8. The number of carboxylic acid groups (broad SMARTS) is 1. The van der Waals surface area contributed by atoms with E-state index in [0.717, 1.165) is 17.5 Å². The Morgan fingerprint density at radius 3 is 2.54 bits per heavy atom. The zero-order valence-corrected chi connectivity index (χ0v) is 23.3. The highest BCUT2D eigenvalue weighted by atomic mass is 35.5. The molecule has 0 amide bonds. The normalized spacial score (nSPS) is 11.9. The molecule has 1 heterocycles. The number of methoxy groups -OCH3 is 1. The Labute approximate surface area is 241 Å². The number of rotatable bonds is 10. The summed E-state index contributed by atoms with van der Waals surface area (Å²) >= 11 is 6.66. The summed E-state index contributed by atoms with van der Waals surface area (Å²) in [6, 6.07) is 22.0. The molecule has 8 heteroatoms. The van der Waals surface area contributed by atoms with E-state index in [9.17, 15) is 19.1 Å². The third-order valence-corrected chi connectivity index (χ3v) is 7.52. The van der Waals surface area contributed by atoms with Gasteiger partial charge in [0.25, 0.3) is 0 Å². The third kappa shape index (κ3) is 5.58. The zero-order chi connectivity index (χ0) is 29.1. The van der Waals surface area contributed by atoms with Crippen LogP contribution in [0.1, 0.15) is 58.4 Å². The first-order valence-corrected chi connectivity index (χ1v) is 13.7. The van der Waals surface area contributed by atoms with Gasteiger partial charge in [-0.2, -0.15) is 0 Å². The molecule has 1 atom stereocenters. The summed E-state index contributed by atoms with van der Waals surface area (Å²) < 4.78 is 20.3. The molecule has 0 saturated heterocycles. The number of hydrogen-bond donors (Lipinski definition) is 2. The summed E-state index contributed by atoms with van der Waals surface area (Å²) in [6.07, 6.45) is 1.29. The number of fused-ring (bicyclic) bond motifs is 1. The Bertz CT molecular complexity index is 1730. The third-order valence-electron chi connectivity index (χ3n) is 7.21. The number of para-hydroxylation sites is 2. The van der Waals surface area contributed by atoms with Gasteiger partial charge in [0.2, 0.25) is 0 Å². The first kappa shape index (κ1) is 28.1. The molecule has 4 aromatic carbocycles. The number of nitrogens with zero attached hydrogens (tertiary/aromatic N) is 1. The maximum atomic E-state index is 14.9. The number of imidazole rings is 1. The maximum absolute atomic E-state index is 14.9. The lowest BCUT2D eigenvalue weighted by molar-refractivity contribution is 0.0697. The molecule has 0 radical (unpaired) electrons. The molecular formula is C33H28ClFN2O4. The maximum Gasteiger partial charge on any atom is 0.336 e. The molecule has 1 aromatic heterocycles. The molecule has 0 fully saturated rings. The quantitative estimate of drug-likeness (QED) is 0.164. The van der Waals surface area contributed by atoms with Crippen LogP contribution >= 0.6 is 11.6 Å². The summed E-state index contributed by atoms with van der Waals surface area (Å²) in [4.78, 5) is 33.9. The van der Waals surface area contributed by atoms with Crippen LogP contribution in [0.25, 0.3) is 33.5 Å². The average molecular weight is 571 g/mol. The SMILES string of the molecule is CCCC(CC(=O)c1ccc(-c2c(Cl)cccc2-c2nc3ccccc3[nH]2)c(C(=O)O)c1)c1c(F)cccc1OC. The van der Waals surface area contributed by atoms with Crippen LogP contribution in [-0.2, 0) is 0 Å². The molecule has 5 aromatic rings. The Balaban J connectivity index is 1.55. The molecule has 2 N–H and O–H groups in total. The van der Waals surface area contributed by atoms with Gasteiger partial charge in [0, 0.05) is 33.7 Å². The molecule has 0 aliphatic heterocycles. The second-order valence-electron chi connectivity index (χ2n) is 9.80. The minimum absolute atomic E-state index is 0.000132. The van der Waals surface area contributed by atoms with E-state index in [1.165, 1.54) is 19.2 Å². The Morgan fingerprint density at radius 2 is 1.80 bits per heavy atom. The van der Waals surface area contributed by atoms with Crippen molar-refractivity contribution < 1.29 is 23.8 Å². The minimum Gasteiger partial charge on any atom is -0.496 e. The number of carbonyl (C=O) groups is 2. The number of aromatic carboxylic acids is 1. The van der Waals surface area contributed by atoms with Gasteiger partial charge in [0.15, 0.2) is 5.78 Å². The van der Waals surface area contributed by atoms with E-state index in [1.54, 1.807) is 36.4 Å². The van der Waals surface area contributed by atoms with Crippen molar-refractivity contribution in [1.29, 1.82) is 0 Å². The van der Waals surface area contributed by atoms with Crippen LogP contribution < -0.4 is 4.74 Å². The number of aromatic nitrogens is 2. The molecule has 5 rings (SSSR count). The van der Waals surface area contributed by atoms with Crippen molar-refractivity contribution >= 4 is 34.4 Å². The number of H-pyrrole nitrogens is 1. The lowest BCUT2D eigenvalue weighted by Crippen LogP contribution is -2.12. The van der Waals surface area contributed by atoms with E-state index in [1.807, 2.05) is 37.3 Å². The Hall–Kier alpha value is -4.49. The number of carbonyl (C=O) groups excluding carboxylic acids is 1. The molecule has 0 saturated carbocycles. The largest absolute Gasteiger partial charge is 0.496 e. The number of halogens is 2. The summed E-state index contributed by atoms with van der Waals surface area (Å²) in [5, 5.41) is 10.6. The van der Waals surface area contributed by atoms with Gasteiger partial charge >= 0.3 is 5.97 Å². The van der Waals surface area contributed by atoms with Crippen molar-refractivity contribution in [3.63, 3.8) is 0 Å². The number of carboxylic acids is 1. The van der Waals surface area contributed by atoms with Gasteiger partial charge in [-0.1, -0.05) is 67.4 Å². The standard InChI is InChI=1S/C33H28ClFN2O4/c1-3-8-20(30-25(35)11-7-14-29(30)41-2)18-28(38)19-15-16-21(23(17-19)33(39)40)31-22(9-6-10-24(31)34)32-36-26-12-4-5-13-27(26)37-32/h4-7,9-17,20H,3,8,18H2,1-2H3,(H,36,37)(H,39,40). The van der Waals surface area contributed by atoms with Crippen LogP contribution in [0.2, 0.25) is 5.02 Å². The van der Waals surface area contributed by atoms with Crippen molar-refractivity contribution in [3.05, 3.63) is 106 Å². The minimum atomic E-state index is -1.20. The van der Waals surface area contributed by atoms with E-state index < -0.39 is 17.7 Å². The second kappa shape index (κ2) is 11.9. The monoisotopic (exact) mass is 570 g/mol. The molecule has 41 heavy (non-hydrogen) atoms. The zero-order valence-electron chi connectivity index (χ0n) is 22.6. The number of ketones is 1. The highest BCUT2D eigenvalue weighted by Crippen LogP contribution is 2.40. The van der Waals surface area contributed by atoms with Crippen molar-refractivity contribution in [2.24, 2.45) is 0 Å². The van der Waals surface area contributed by atoms with E-state index >= 15 is 0 Å². The highest BCUT2D eigenvalue weighted by Gasteiger charge is 2.25. The molecule has 1 unspecified atom stereocenters. The van der Waals surface area contributed by atoms with E-state index in [0.29, 0.717) is 45.3 Å². The van der Waals surface area contributed by atoms with Gasteiger partial charge in [-0.15, -0.1) is 0 Å². The van der Waals surface area contributed by atoms with Gasteiger partial charge in [-0.05, 0) is 54.3 Å². The number of nitrogens with one attached hydrogen (secondary N) is 1. The summed E-state index contributed by atoms with van der Waals surface area (Å²) in [5.74, 6) is -1.43. The average Bonchev–Trinajstić information content (AvgIpc) is 3.40. The number of ether oxygens (including phenoxy) is 1. The first-order valence-electron chi connectivity index (χ1n) is 13.3. The Kier molecular flexibility index (Phi) is 8.17. The van der Waals surface area contributed by atoms with Crippen LogP contribution in [0, 0.1) is 5.82 Å². The fraction of sp³-hybridized carbons (Fsp3) is 0.182. The fourth-order valence-corrected chi connectivity index (χ4v) is 5.59.